The summed E-state index contributed by atoms with van der Waals surface area (Å²) in [5.74, 6) is 1.47. The Morgan fingerprint density at radius 1 is 0.377 bits per heavy atom. The summed E-state index contributed by atoms with van der Waals surface area (Å²) >= 11 is 0. The number of rotatable bonds is 5. The van der Waals surface area contributed by atoms with Gasteiger partial charge in [0.1, 0.15) is 11.3 Å². The van der Waals surface area contributed by atoms with Gasteiger partial charge in [-0.1, -0.05) is 133 Å². The maximum Gasteiger partial charge on any atom is 0.235 e. The summed E-state index contributed by atoms with van der Waals surface area (Å²) in [4.78, 5) is 15.9. The fourth-order valence-electron chi connectivity index (χ4n) is 8.12. The lowest BCUT2D eigenvalue weighted by molar-refractivity contribution is 0.990. The van der Waals surface area contributed by atoms with E-state index < -0.39 is 0 Å². The zero-order valence-corrected chi connectivity index (χ0v) is 28.5. The van der Waals surface area contributed by atoms with Gasteiger partial charge in [-0.2, -0.15) is 0 Å². The van der Waals surface area contributed by atoms with Crippen LogP contribution in [0.15, 0.2) is 182 Å². The minimum atomic E-state index is 0.600. The number of fused-ring (bicyclic) bond motifs is 10. The highest BCUT2D eigenvalue weighted by atomic mass is 15.2. The minimum absolute atomic E-state index is 0.600. The average Bonchev–Trinajstić information content (AvgIpc) is 3.91. The Kier molecular flexibility index (Phi) is 6.45. The topological polar surface area (TPSA) is 53.5 Å². The lowest BCUT2D eigenvalue weighted by atomic mass is 10.1. The van der Waals surface area contributed by atoms with E-state index in [1.54, 1.807) is 0 Å². The van der Waals surface area contributed by atoms with Crippen LogP contribution in [0, 0.1) is 0 Å². The highest BCUT2D eigenvalue weighted by molar-refractivity contribution is 6.36. The molecule has 0 saturated heterocycles. The third-order valence-corrected chi connectivity index (χ3v) is 10.3. The molecule has 7 aromatic carbocycles. The van der Waals surface area contributed by atoms with E-state index in [2.05, 4.69) is 165 Å². The van der Waals surface area contributed by atoms with Gasteiger partial charge in [0.05, 0.1) is 33.3 Å². The molecule has 53 heavy (non-hydrogen) atoms. The first kappa shape index (κ1) is 29.4. The Morgan fingerprint density at radius 2 is 0.906 bits per heavy atom. The van der Waals surface area contributed by atoms with Crippen LogP contribution in [-0.4, -0.2) is 28.7 Å². The molecule has 6 heteroatoms. The van der Waals surface area contributed by atoms with Crippen LogP contribution in [0.5, 0.6) is 0 Å². The van der Waals surface area contributed by atoms with E-state index >= 15 is 0 Å². The normalized spacial score (nSPS) is 11.8. The van der Waals surface area contributed by atoms with Crippen molar-refractivity contribution in [1.29, 1.82) is 0 Å². The molecule has 11 rings (SSSR count). The largest absolute Gasteiger partial charge is 0.308 e. The summed E-state index contributed by atoms with van der Waals surface area (Å²) in [6, 6.07) is 61.4. The molecule has 6 nitrogen and oxygen atoms in total. The number of benzene rings is 7. The molecule has 11 aromatic rings. The first-order valence-corrected chi connectivity index (χ1v) is 17.8. The first-order valence-electron chi connectivity index (χ1n) is 17.8. The van der Waals surface area contributed by atoms with E-state index in [0.717, 1.165) is 88.7 Å². The number of aromatic nitrogens is 6. The van der Waals surface area contributed by atoms with Crippen LogP contribution in [0.1, 0.15) is 0 Å². The van der Waals surface area contributed by atoms with Crippen molar-refractivity contribution < 1.29 is 0 Å². The third-order valence-electron chi connectivity index (χ3n) is 10.3. The van der Waals surface area contributed by atoms with Gasteiger partial charge in [-0.15, -0.1) is 0 Å². The Bertz CT molecular complexity index is 3140. The van der Waals surface area contributed by atoms with Crippen molar-refractivity contribution in [3.8, 4) is 40.0 Å². The summed E-state index contributed by atoms with van der Waals surface area (Å²) in [6.45, 7) is 0. The molecule has 0 atom stereocenters. The standard InChI is InChI=1S/C47H30N6/c1-5-17-31(18-6-1)37-29-30-48-47(49-37)53-39-28-16-14-26-36(39)41-43-40(35-25-13-15-27-38(35)51(43)33-21-9-3-10-22-33)42-45(44(41)53)52(34-23-11-4-12-24-34)46(50-42)32-19-7-2-8-20-32/h1-30H. The fraction of sp³-hybridized carbons (Fsp3) is 0. The van der Waals surface area contributed by atoms with Gasteiger partial charge >= 0.3 is 0 Å². The van der Waals surface area contributed by atoms with Crippen LogP contribution < -0.4 is 0 Å². The summed E-state index contributed by atoms with van der Waals surface area (Å²) in [7, 11) is 0. The second-order valence-corrected chi connectivity index (χ2v) is 13.3. The molecule has 0 amide bonds. The van der Waals surface area contributed by atoms with Crippen LogP contribution in [0.2, 0.25) is 0 Å². The molecule has 0 bridgehead atoms. The lowest BCUT2D eigenvalue weighted by Crippen LogP contribution is -2.04. The van der Waals surface area contributed by atoms with Gasteiger partial charge in [0.2, 0.25) is 5.95 Å². The van der Waals surface area contributed by atoms with E-state index in [1.165, 1.54) is 0 Å². The van der Waals surface area contributed by atoms with Crippen LogP contribution in [0.3, 0.4) is 0 Å². The molecule has 0 saturated carbocycles. The maximum atomic E-state index is 5.66. The molecule has 0 aliphatic rings. The van der Waals surface area contributed by atoms with E-state index in [1.807, 2.05) is 30.5 Å². The van der Waals surface area contributed by atoms with Gasteiger partial charge in [0.15, 0.2) is 0 Å². The minimum Gasteiger partial charge on any atom is -0.308 e. The van der Waals surface area contributed by atoms with Crippen LogP contribution in [0.25, 0.3) is 94.6 Å². The van der Waals surface area contributed by atoms with Crippen molar-refractivity contribution in [2.75, 3.05) is 0 Å². The summed E-state index contributed by atoms with van der Waals surface area (Å²) in [5.41, 5.74) is 11.2. The molecule has 0 aliphatic heterocycles. The van der Waals surface area contributed by atoms with Crippen molar-refractivity contribution in [3.63, 3.8) is 0 Å². The number of imidazole rings is 1. The predicted octanol–water partition coefficient (Wildman–Crippen LogP) is 11.3. The lowest BCUT2D eigenvalue weighted by Gasteiger charge is -2.14. The Balaban J connectivity index is 1.44. The molecule has 0 fully saturated rings. The average molecular weight is 679 g/mol. The maximum absolute atomic E-state index is 5.66. The smallest absolute Gasteiger partial charge is 0.235 e. The predicted molar refractivity (Wildman–Crippen MR) is 216 cm³/mol. The number of hydrogen-bond acceptors (Lipinski definition) is 3. The molecule has 248 valence electrons. The Hall–Kier alpha value is -7.31. The third kappa shape index (κ3) is 4.36. The molecule has 4 heterocycles. The highest BCUT2D eigenvalue weighted by Gasteiger charge is 2.29. The Morgan fingerprint density at radius 3 is 1.57 bits per heavy atom. The van der Waals surface area contributed by atoms with Crippen LogP contribution >= 0.6 is 0 Å². The molecule has 0 aliphatic carbocycles. The van der Waals surface area contributed by atoms with Gasteiger partial charge in [0, 0.05) is 50.2 Å². The Labute approximate surface area is 304 Å². The van der Waals surface area contributed by atoms with Crippen molar-refractivity contribution >= 4 is 54.6 Å². The van der Waals surface area contributed by atoms with Gasteiger partial charge in [-0.3, -0.25) is 9.13 Å². The van der Waals surface area contributed by atoms with E-state index in [9.17, 15) is 0 Å². The molecule has 0 spiro atoms. The molecule has 0 unspecified atom stereocenters. The van der Waals surface area contributed by atoms with Crippen molar-refractivity contribution in [1.82, 2.24) is 28.7 Å². The highest BCUT2D eigenvalue weighted by Crippen LogP contribution is 2.48. The summed E-state index contributed by atoms with van der Waals surface area (Å²) in [5, 5.41) is 4.49. The van der Waals surface area contributed by atoms with Crippen LogP contribution in [0.4, 0.5) is 0 Å². The molecule has 4 aromatic heterocycles. The quantitative estimate of drug-likeness (QED) is 0.182. The van der Waals surface area contributed by atoms with E-state index in [-0.39, 0.29) is 0 Å². The first-order chi connectivity index (χ1) is 26.3. The SMILES string of the molecule is c1ccc(-c2ccnc(-n3c4ccccc4c4c5c(c6ccccc6n5-c5ccccc5)c5nc(-c6ccccc6)n(-c6ccccc6)c5c43)n2)cc1. The van der Waals surface area contributed by atoms with Gasteiger partial charge in [0.25, 0.3) is 0 Å². The van der Waals surface area contributed by atoms with E-state index in [4.69, 9.17) is 15.0 Å². The summed E-state index contributed by atoms with van der Waals surface area (Å²) in [6.07, 6.45) is 1.87. The zero-order chi connectivity index (χ0) is 34.9. The van der Waals surface area contributed by atoms with Crippen molar-refractivity contribution in [2.24, 2.45) is 0 Å². The monoisotopic (exact) mass is 678 g/mol. The molecular formula is C47H30N6. The number of hydrogen-bond donors (Lipinski definition) is 0. The van der Waals surface area contributed by atoms with Crippen molar-refractivity contribution in [3.05, 3.63) is 182 Å². The summed E-state index contributed by atoms with van der Waals surface area (Å²) < 4.78 is 6.99. The zero-order valence-electron chi connectivity index (χ0n) is 28.5. The van der Waals surface area contributed by atoms with Gasteiger partial charge in [-0.05, 0) is 42.5 Å². The number of para-hydroxylation sites is 4. The second kappa shape index (κ2) is 11.6. The molecular weight excluding hydrogens is 649 g/mol. The second-order valence-electron chi connectivity index (χ2n) is 13.3. The van der Waals surface area contributed by atoms with Crippen molar-refractivity contribution in [2.45, 2.75) is 0 Å². The molecule has 0 radical (unpaired) electrons. The van der Waals surface area contributed by atoms with Crippen LogP contribution in [-0.2, 0) is 0 Å². The van der Waals surface area contributed by atoms with Gasteiger partial charge < -0.3 is 4.57 Å². The van der Waals surface area contributed by atoms with E-state index in [0.29, 0.717) is 5.95 Å². The van der Waals surface area contributed by atoms with Gasteiger partial charge in [-0.25, -0.2) is 15.0 Å². The molecule has 0 N–H and O–H groups in total. The number of nitrogens with zero attached hydrogens (tertiary/aromatic N) is 6. The fourth-order valence-corrected chi connectivity index (χ4v) is 8.12.